The first-order chi connectivity index (χ1) is 17.4. The molecule has 12 heteroatoms. The van der Waals surface area contributed by atoms with E-state index >= 15 is 0 Å². The third-order valence-corrected chi connectivity index (χ3v) is 6.88. The standard InChI is InChI=1S/C24H20BrClN6O4/c1-2-3-4-18-27-22(26)20(24(34)35)32(18)11-12-5-8-17-16(9-12)19(25)21(36-17)14-7-6-13(33)10-15(14)23-28-30-31-29-23/h5-10,33H,2-4,11H2,1H3,(H,34,35)(H,28,29,30,31). The third-order valence-electron chi connectivity index (χ3n) is 5.83. The third kappa shape index (κ3) is 4.35. The van der Waals surface area contributed by atoms with Gasteiger partial charge >= 0.3 is 5.97 Å². The lowest BCUT2D eigenvalue weighted by molar-refractivity contribution is 0.0685. The smallest absolute Gasteiger partial charge is 0.355 e. The van der Waals surface area contributed by atoms with Crippen molar-refractivity contribution in [1.29, 1.82) is 0 Å². The highest BCUT2D eigenvalue weighted by Crippen LogP contribution is 2.42. The molecule has 184 valence electrons. The van der Waals surface area contributed by atoms with E-state index in [0.29, 0.717) is 45.0 Å². The number of nitrogens with one attached hydrogen (secondary N) is 1. The van der Waals surface area contributed by atoms with Crippen LogP contribution in [0, 0.1) is 0 Å². The fraction of sp³-hybridized carbons (Fsp3) is 0.208. The van der Waals surface area contributed by atoms with Crippen LogP contribution in [0.15, 0.2) is 45.3 Å². The molecule has 0 radical (unpaired) electrons. The topological polar surface area (TPSA) is 143 Å². The number of furan rings is 1. The van der Waals surface area contributed by atoms with E-state index in [1.165, 1.54) is 0 Å². The van der Waals surface area contributed by atoms with E-state index in [2.05, 4.69) is 48.5 Å². The molecule has 0 bridgehead atoms. The number of unbranched alkanes of at least 4 members (excludes halogenated alkanes) is 1. The highest BCUT2D eigenvalue weighted by molar-refractivity contribution is 9.10. The molecule has 0 aliphatic carbocycles. The maximum Gasteiger partial charge on any atom is 0.355 e. The van der Waals surface area contributed by atoms with Crippen LogP contribution in [-0.2, 0) is 13.0 Å². The number of phenols is 1. The molecule has 0 spiro atoms. The molecule has 0 saturated heterocycles. The van der Waals surface area contributed by atoms with Gasteiger partial charge in [0.2, 0.25) is 5.82 Å². The number of fused-ring (bicyclic) bond motifs is 1. The van der Waals surface area contributed by atoms with Gasteiger partial charge in [-0.3, -0.25) is 0 Å². The Morgan fingerprint density at radius 1 is 1.22 bits per heavy atom. The van der Waals surface area contributed by atoms with Gasteiger partial charge in [-0.05, 0) is 63.5 Å². The summed E-state index contributed by atoms with van der Waals surface area (Å²) in [6.07, 6.45) is 2.45. The van der Waals surface area contributed by atoms with Crippen molar-refractivity contribution in [2.45, 2.75) is 32.7 Å². The number of halogens is 2. The van der Waals surface area contributed by atoms with Crippen LogP contribution in [0.3, 0.4) is 0 Å². The predicted molar refractivity (Wildman–Crippen MR) is 136 cm³/mol. The molecular formula is C24H20BrClN6O4. The minimum Gasteiger partial charge on any atom is -0.508 e. The molecule has 5 aromatic rings. The van der Waals surface area contributed by atoms with Gasteiger partial charge in [-0.25, -0.2) is 9.78 Å². The Hall–Kier alpha value is -3.70. The first-order valence-electron chi connectivity index (χ1n) is 11.1. The summed E-state index contributed by atoms with van der Waals surface area (Å²) in [7, 11) is 0. The Kier molecular flexibility index (Phi) is 6.50. The van der Waals surface area contributed by atoms with Crippen molar-refractivity contribution in [2.75, 3.05) is 0 Å². The van der Waals surface area contributed by atoms with Crippen LogP contribution >= 0.6 is 27.5 Å². The molecule has 36 heavy (non-hydrogen) atoms. The number of aromatic nitrogens is 6. The molecule has 0 amide bonds. The molecule has 2 aromatic carbocycles. The van der Waals surface area contributed by atoms with Crippen molar-refractivity contribution in [3.63, 3.8) is 0 Å². The second-order valence-electron chi connectivity index (χ2n) is 8.20. The van der Waals surface area contributed by atoms with Crippen molar-refractivity contribution >= 4 is 44.5 Å². The van der Waals surface area contributed by atoms with E-state index in [1.54, 1.807) is 22.8 Å². The summed E-state index contributed by atoms with van der Waals surface area (Å²) >= 11 is 9.84. The zero-order valence-electron chi connectivity index (χ0n) is 19.0. The predicted octanol–water partition coefficient (Wildman–Crippen LogP) is 5.69. The molecule has 0 saturated carbocycles. The summed E-state index contributed by atoms with van der Waals surface area (Å²) in [6, 6.07) is 10.5. The van der Waals surface area contributed by atoms with Gasteiger partial charge in [0.05, 0.1) is 4.47 Å². The summed E-state index contributed by atoms with van der Waals surface area (Å²) in [5.74, 6) is 0.416. The molecule has 10 nitrogen and oxygen atoms in total. The summed E-state index contributed by atoms with van der Waals surface area (Å²) in [5.41, 5.74) is 2.66. The number of hydrogen-bond acceptors (Lipinski definition) is 7. The van der Waals surface area contributed by atoms with E-state index in [-0.39, 0.29) is 23.1 Å². The number of aromatic carboxylic acids is 1. The van der Waals surface area contributed by atoms with Gasteiger partial charge < -0.3 is 19.2 Å². The number of aromatic amines is 1. The van der Waals surface area contributed by atoms with Crippen molar-refractivity contribution in [1.82, 2.24) is 30.2 Å². The largest absolute Gasteiger partial charge is 0.508 e. The molecule has 0 aliphatic heterocycles. The number of imidazole rings is 1. The normalized spacial score (nSPS) is 11.4. The van der Waals surface area contributed by atoms with Crippen LogP contribution in [0.25, 0.3) is 33.7 Å². The van der Waals surface area contributed by atoms with Gasteiger partial charge in [-0.15, -0.1) is 10.2 Å². The van der Waals surface area contributed by atoms with Crippen molar-refractivity contribution in [3.8, 4) is 28.5 Å². The van der Waals surface area contributed by atoms with Gasteiger partial charge in [0, 0.05) is 29.5 Å². The van der Waals surface area contributed by atoms with E-state index in [1.807, 2.05) is 18.2 Å². The fourth-order valence-corrected chi connectivity index (χ4v) is 5.01. The number of rotatable bonds is 8. The second kappa shape index (κ2) is 9.75. The quantitative estimate of drug-likeness (QED) is 0.216. The number of carboxylic acid groups (broad SMARTS) is 1. The molecule has 0 unspecified atom stereocenters. The number of tetrazole rings is 1. The second-order valence-corrected chi connectivity index (χ2v) is 9.35. The van der Waals surface area contributed by atoms with E-state index < -0.39 is 5.97 Å². The Morgan fingerprint density at radius 3 is 2.78 bits per heavy atom. The highest BCUT2D eigenvalue weighted by atomic mass is 79.9. The molecular weight excluding hydrogens is 552 g/mol. The first kappa shape index (κ1) is 24.0. The molecule has 3 N–H and O–H groups in total. The maximum atomic E-state index is 11.9. The molecule has 0 atom stereocenters. The maximum absolute atomic E-state index is 11.9. The van der Waals surface area contributed by atoms with Crippen molar-refractivity contribution in [2.24, 2.45) is 0 Å². The molecule has 3 aromatic heterocycles. The van der Waals surface area contributed by atoms with E-state index in [4.69, 9.17) is 16.0 Å². The van der Waals surface area contributed by atoms with Gasteiger partial charge in [0.1, 0.15) is 22.9 Å². The first-order valence-corrected chi connectivity index (χ1v) is 12.3. The van der Waals surface area contributed by atoms with Gasteiger partial charge in [0.25, 0.3) is 0 Å². The molecule has 0 aliphatic rings. The molecule has 3 heterocycles. The number of hydrogen-bond donors (Lipinski definition) is 3. The summed E-state index contributed by atoms with van der Waals surface area (Å²) in [5, 5.41) is 34.6. The fourth-order valence-electron chi connectivity index (χ4n) is 4.13. The highest BCUT2D eigenvalue weighted by Gasteiger charge is 2.23. The van der Waals surface area contributed by atoms with Crippen LogP contribution in [0.5, 0.6) is 5.75 Å². The van der Waals surface area contributed by atoms with E-state index in [9.17, 15) is 15.0 Å². The monoisotopic (exact) mass is 570 g/mol. The lowest BCUT2D eigenvalue weighted by Gasteiger charge is -2.10. The number of aromatic hydroxyl groups is 1. The summed E-state index contributed by atoms with van der Waals surface area (Å²) < 4.78 is 8.52. The number of carboxylic acids is 1. The average Bonchev–Trinajstić information content (AvgIpc) is 3.57. The van der Waals surface area contributed by atoms with Crippen molar-refractivity contribution < 1.29 is 19.4 Å². The minimum atomic E-state index is -1.12. The number of aryl methyl sites for hydroxylation is 1. The number of carbonyl (C=O) groups is 1. The Morgan fingerprint density at radius 2 is 2.06 bits per heavy atom. The summed E-state index contributed by atoms with van der Waals surface area (Å²) in [6.45, 7) is 2.35. The number of nitrogens with zero attached hydrogens (tertiary/aromatic N) is 5. The van der Waals surface area contributed by atoms with Gasteiger partial charge in [-0.2, -0.15) is 5.21 Å². The van der Waals surface area contributed by atoms with Crippen LogP contribution in [0.4, 0.5) is 0 Å². The Balaban J connectivity index is 1.57. The number of benzene rings is 2. The lowest BCUT2D eigenvalue weighted by Crippen LogP contribution is -2.13. The summed E-state index contributed by atoms with van der Waals surface area (Å²) in [4.78, 5) is 16.2. The van der Waals surface area contributed by atoms with Crippen LogP contribution in [-0.4, -0.2) is 46.4 Å². The number of phenolic OH excluding ortho intramolecular Hbond substituents is 1. The van der Waals surface area contributed by atoms with Crippen LogP contribution < -0.4 is 0 Å². The minimum absolute atomic E-state index is 0.0113. The van der Waals surface area contributed by atoms with Gasteiger partial charge in [-0.1, -0.05) is 31.0 Å². The van der Waals surface area contributed by atoms with Crippen LogP contribution in [0.1, 0.15) is 41.6 Å². The van der Waals surface area contributed by atoms with Gasteiger partial charge in [0.15, 0.2) is 10.8 Å². The zero-order chi connectivity index (χ0) is 25.4. The van der Waals surface area contributed by atoms with E-state index in [0.717, 1.165) is 23.8 Å². The lowest BCUT2D eigenvalue weighted by atomic mass is 10.0. The SMILES string of the molecule is CCCCc1nc(Cl)c(C(=O)O)n1Cc1ccc2oc(-c3ccc(O)cc3-c3nn[nH]n3)c(Br)c2c1. The average molecular weight is 572 g/mol. The number of H-pyrrole nitrogens is 1. The van der Waals surface area contributed by atoms with Crippen LogP contribution in [0.2, 0.25) is 5.15 Å². The molecule has 5 rings (SSSR count). The zero-order valence-corrected chi connectivity index (χ0v) is 21.3. The van der Waals surface area contributed by atoms with Crippen molar-refractivity contribution in [3.05, 3.63) is 63.1 Å². The Bertz CT molecular complexity index is 1580. The molecule has 0 fully saturated rings. The Labute approximate surface area is 218 Å².